The van der Waals surface area contributed by atoms with E-state index in [-0.39, 0.29) is 0 Å². The molecule has 0 aromatic heterocycles. The van der Waals surface area contributed by atoms with Crippen LogP contribution in [0.4, 0.5) is 0 Å². The first-order chi connectivity index (χ1) is 10.1. The van der Waals surface area contributed by atoms with Crippen LogP contribution in [0, 0.1) is 6.92 Å². The van der Waals surface area contributed by atoms with Gasteiger partial charge in [0.05, 0.1) is 0 Å². The molecular formula is C18H31N3. The smallest absolute Gasteiger partial charge is 0.0476 e. The molecule has 1 aromatic carbocycles. The van der Waals surface area contributed by atoms with Gasteiger partial charge in [0.1, 0.15) is 0 Å². The molecule has 1 N–H and O–H groups in total. The molecule has 0 spiro atoms. The lowest BCUT2D eigenvalue weighted by atomic mass is 10.0. The number of benzene rings is 1. The lowest BCUT2D eigenvalue weighted by Crippen LogP contribution is -2.52. The maximum Gasteiger partial charge on any atom is 0.0476 e. The molecule has 2 rings (SSSR count). The van der Waals surface area contributed by atoms with Gasteiger partial charge in [-0.3, -0.25) is 4.90 Å². The van der Waals surface area contributed by atoms with Crippen LogP contribution in [0.3, 0.4) is 0 Å². The van der Waals surface area contributed by atoms with E-state index >= 15 is 0 Å². The number of likely N-dealkylation sites (N-methyl/N-ethyl adjacent to an activating group) is 1. The second-order valence-electron chi connectivity index (χ2n) is 6.26. The van der Waals surface area contributed by atoms with Crippen LogP contribution in [-0.2, 0) is 0 Å². The predicted molar refractivity (Wildman–Crippen MR) is 90.7 cm³/mol. The predicted octanol–water partition coefficient (Wildman–Crippen LogP) is 2.67. The number of nitrogens with one attached hydrogen (secondary N) is 1. The monoisotopic (exact) mass is 289 g/mol. The van der Waals surface area contributed by atoms with E-state index < -0.39 is 0 Å². The van der Waals surface area contributed by atoms with E-state index in [2.05, 4.69) is 67.1 Å². The normalized spacial score (nSPS) is 21.7. The number of aryl methyl sites for hydroxylation is 1. The topological polar surface area (TPSA) is 18.5 Å². The molecule has 118 valence electrons. The molecule has 0 saturated carbocycles. The fourth-order valence-electron chi connectivity index (χ4n) is 3.19. The summed E-state index contributed by atoms with van der Waals surface area (Å²) in [6.07, 6.45) is 0. The fourth-order valence-corrected chi connectivity index (χ4v) is 3.19. The number of hydrogen-bond acceptors (Lipinski definition) is 3. The number of rotatable bonds is 6. The zero-order valence-corrected chi connectivity index (χ0v) is 14.1. The summed E-state index contributed by atoms with van der Waals surface area (Å²) < 4.78 is 0. The second-order valence-corrected chi connectivity index (χ2v) is 6.26. The first-order valence-corrected chi connectivity index (χ1v) is 8.40. The Kier molecular flexibility index (Phi) is 6.22. The maximum absolute atomic E-state index is 3.55. The summed E-state index contributed by atoms with van der Waals surface area (Å²) in [6, 6.07) is 10.2. The first-order valence-electron chi connectivity index (χ1n) is 8.40. The van der Waals surface area contributed by atoms with E-state index in [0.29, 0.717) is 12.1 Å². The van der Waals surface area contributed by atoms with Crippen LogP contribution in [0.1, 0.15) is 37.9 Å². The van der Waals surface area contributed by atoms with Gasteiger partial charge in [-0.05, 0) is 32.5 Å². The second kappa shape index (κ2) is 7.92. The fraction of sp³-hybridized carbons (Fsp3) is 0.667. The summed E-state index contributed by atoms with van der Waals surface area (Å²) in [4.78, 5) is 5.20. The average molecular weight is 289 g/mol. The van der Waals surface area contributed by atoms with Crippen molar-refractivity contribution >= 4 is 0 Å². The van der Waals surface area contributed by atoms with Crippen LogP contribution < -0.4 is 5.32 Å². The molecule has 1 aromatic rings. The van der Waals surface area contributed by atoms with Crippen molar-refractivity contribution in [2.75, 3.05) is 39.3 Å². The summed E-state index contributed by atoms with van der Waals surface area (Å²) >= 11 is 0. The zero-order valence-electron chi connectivity index (χ0n) is 14.1. The third-order valence-corrected chi connectivity index (χ3v) is 4.63. The molecule has 1 heterocycles. The van der Waals surface area contributed by atoms with Crippen molar-refractivity contribution in [1.29, 1.82) is 0 Å². The van der Waals surface area contributed by atoms with Crippen molar-refractivity contribution in [1.82, 2.24) is 15.1 Å². The lowest BCUT2D eigenvalue weighted by Gasteiger charge is -2.40. The van der Waals surface area contributed by atoms with Gasteiger partial charge in [0.2, 0.25) is 0 Å². The Bertz CT molecular complexity index is 411. The van der Waals surface area contributed by atoms with E-state index in [4.69, 9.17) is 0 Å². The van der Waals surface area contributed by atoms with E-state index in [1.54, 1.807) is 0 Å². The minimum Gasteiger partial charge on any atom is -0.312 e. The molecule has 1 aliphatic heterocycles. The molecule has 1 fully saturated rings. The number of hydrogen-bond donors (Lipinski definition) is 1. The summed E-state index contributed by atoms with van der Waals surface area (Å²) in [7, 11) is 0. The van der Waals surface area contributed by atoms with Crippen molar-refractivity contribution in [3.05, 3.63) is 35.4 Å². The van der Waals surface area contributed by atoms with Crippen LogP contribution in [0.15, 0.2) is 24.3 Å². The van der Waals surface area contributed by atoms with Crippen molar-refractivity contribution in [3.63, 3.8) is 0 Å². The molecule has 0 radical (unpaired) electrons. The van der Waals surface area contributed by atoms with E-state index in [0.717, 1.165) is 39.3 Å². The van der Waals surface area contributed by atoms with E-state index in [1.165, 1.54) is 11.1 Å². The van der Waals surface area contributed by atoms with Crippen LogP contribution in [0.2, 0.25) is 0 Å². The molecule has 1 saturated heterocycles. The largest absolute Gasteiger partial charge is 0.312 e. The standard InChI is InChI=1S/C18H31N3/c1-5-20(6-2)14-18(17-9-7-15(3)8-10-17)21-12-11-19-16(4)13-21/h7-10,16,18-19H,5-6,11-14H2,1-4H3. The van der Waals surface area contributed by atoms with Crippen molar-refractivity contribution in [2.45, 2.75) is 39.8 Å². The minimum atomic E-state index is 0.509. The van der Waals surface area contributed by atoms with Gasteiger partial charge in [0, 0.05) is 38.3 Å². The molecule has 1 aliphatic rings. The quantitative estimate of drug-likeness (QED) is 0.868. The summed E-state index contributed by atoms with van der Waals surface area (Å²) in [5.74, 6) is 0. The first kappa shape index (κ1) is 16.5. The van der Waals surface area contributed by atoms with Gasteiger partial charge in [-0.25, -0.2) is 0 Å². The SMILES string of the molecule is CCN(CC)CC(c1ccc(C)cc1)N1CCNC(C)C1. The Labute approximate surface area is 130 Å². The number of piperazine rings is 1. The van der Waals surface area contributed by atoms with Gasteiger partial charge in [-0.1, -0.05) is 43.7 Å². The van der Waals surface area contributed by atoms with Crippen molar-refractivity contribution in [2.24, 2.45) is 0 Å². The van der Waals surface area contributed by atoms with Crippen molar-refractivity contribution in [3.8, 4) is 0 Å². The Balaban J connectivity index is 2.18. The van der Waals surface area contributed by atoms with E-state index in [9.17, 15) is 0 Å². The molecule has 0 bridgehead atoms. The van der Waals surface area contributed by atoms with Gasteiger partial charge in [0.15, 0.2) is 0 Å². The average Bonchev–Trinajstić information content (AvgIpc) is 2.50. The molecule has 21 heavy (non-hydrogen) atoms. The van der Waals surface area contributed by atoms with Crippen LogP contribution in [0.25, 0.3) is 0 Å². The van der Waals surface area contributed by atoms with Gasteiger partial charge >= 0.3 is 0 Å². The molecule has 3 heteroatoms. The molecule has 2 atom stereocenters. The molecular weight excluding hydrogens is 258 g/mol. The molecule has 0 amide bonds. The van der Waals surface area contributed by atoms with Crippen LogP contribution in [0.5, 0.6) is 0 Å². The third-order valence-electron chi connectivity index (χ3n) is 4.63. The zero-order chi connectivity index (χ0) is 15.2. The highest BCUT2D eigenvalue weighted by Gasteiger charge is 2.26. The highest BCUT2D eigenvalue weighted by Crippen LogP contribution is 2.24. The van der Waals surface area contributed by atoms with Gasteiger partial charge in [0.25, 0.3) is 0 Å². The Morgan fingerprint density at radius 2 is 1.90 bits per heavy atom. The summed E-state index contributed by atoms with van der Waals surface area (Å²) in [5.41, 5.74) is 2.80. The van der Waals surface area contributed by atoms with Crippen LogP contribution in [-0.4, -0.2) is 55.1 Å². The number of nitrogens with zero attached hydrogens (tertiary/aromatic N) is 2. The Morgan fingerprint density at radius 1 is 1.24 bits per heavy atom. The summed E-state index contributed by atoms with van der Waals surface area (Å²) in [6.45, 7) is 15.7. The molecule has 0 aliphatic carbocycles. The van der Waals surface area contributed by atoms with Crippen molar-refractivity contribution < 1.29 is 0 Å². The van der Waals surface area contributed by atoms with Gasteiger partial charge in [-0.2, -0.15) is 0 Å². The van der Waals surface area contributed by atoms with Gasteiger partial charge < -0.3 is 10.2 Å². The lowest BCUT2D eigenvalue weighted by molar-refractivity contribution is 0.113. The van der Waals surface area contributed by atoms with Gasteiger partial charge in [-0.15, -0.1) is 0 Å². The van der Waals surface area contributed by atoms with Crippen LogP contribution >= 0.6 is 0 Å². The third kappa shape index (κ3) is 4.53. The Hall–Kier alpha value is -0.900. The highest BCUT2D eigenvalue weighted by atomic mass is 15.3. The highest BCUT2D eigenvalue weighted by molar-refractivity contribution is 5.24. The minimum absolute atomic E-state index is 0.509. The van der Waals surface area contributed by atoms with E-state index in [1.807, 2.05) is 0 Å². The Morgan fingerprint density at radius 3 is 2.48 bits per heavy atom. The maximum atomic E-state index is 3.55. The summed E-state index contributed by atoms with van der Waals surface area (Å²) in [5, 5.41) is 3.55. The molecule has 3 nitrogen and oxygen atoms in total. The molecule has 2 unspecified atom stereocenters.